The van der Waals surface area contributed by atoms with E-state index in [2.05, 4.69) is 0 Å². The molecule has 0 unspecified atom stereocenters. The van der Waals surface area contributed by atoms with Crippen molar-refractivity contribution in [1.29, 1.82) is 0 Å². The molecular weight excluding hydrogens is 704 g/mol. The molecule has 0 aliphatic carbocycles. The average molecular weight is 747 g/mol. The van der Waals surface area contributed by atoms with Crippen LogP contribution in [-0.4, -0.2) is 103 Å². The van der Waals surface area contributed by atoms with E-state index in [4.69, 9.17) is 56.8 Å². The van der Waals surface area contributed by atoms with Gasteiger partial charge in [0.05, 0.1) is 26.4 Å². The van der Waals surface area contributed by atoms with Gasteiger partial charge < -0.3 is 56.8 Å². The largest absolute Gasteiger partial charge is 0.487 e. The lowest BCUT2D eigenvalue weighted by atomic mass is 10.3. The van der Waals surface area contributed by atoms with Gasteiger partial charge in [0.2, 0.25) is 0 Å². The smallest absolute Gasteiger partial charge is 0.418 e. The lowest BCUT2D eigenvalue weighted by molar-refractivity contribution is -0.177. The Kier molecular flexibility index (Phi) is 14.3. The zero-order chi connectivity index (χ0) is 37.2. The fourth-order valence-corrected chi connectivity index (χ4v) is 5.16. The van der Waals surface area contributed by atoms with Crippen molar-refractivity contribution in [2.75, 3.05) is 79.3 Å². The van der Waals surface area contributed by atoms with Crippen LogP contribution in [0.3, 0.4) is 0 Å². The lowest BCUT2D eigenvalue weighted by Gasteiger charge is -2.23. The maximum absolute atomic E-state index is 13.4. The van der Waals surface area contributed by atoms with E-state index in [1.165, 1.54) is 0 Å². The van der Waals surface area contributed by atoms with E-state index >= 15 is 0 Å². The molecule has 0 atom stereocenters. The van der Waals surface area contributed by atoms with Gasteiger partial charge in [-0.1, -0.05) is 48.5 Å². The molecule has 0 spiro atoms. The quantitative estimate of drug-likeness (QED) is 0.206. The van der Waals surface area contributed by atoms with Crippen molar-refractivity contribution in [3.05, 3.63) is 97.1 Å². The third-order valence-electron chi connectivity index (χ3n) is 7.75. The van der Waals surface area contributed by atoms with Crippen LogP contribution in [0.1, 0.15) is 0 Å². The van der Waals surface area contributed by atoms with Gasteiger partial charge >= 0.3 is 11.9 Å². The third-order valence-corrected chi connectivity index (χ3v) is 7.75. The highest BCUT2D eigenvalue weighted by molar-refractivity contribution is 6.29. The summed E-state index contributed by atoms with van der Waals surface area (Å²) in [5.41, 5.74) is 0. The van der Waals surface area contributed by atoms with E-state index < -0.39 is 24.1 Å². The van der Waals surface area contributed by atoms with Crippen LogP contribution in [0.25, 0.3) is 0 Å². The van der Waals surface area contributed by atoms with Crippen LogP contribution in [0.4, 0.5) is 0 Å². The Balaban J connectivity index is 1.16. The molecular formula is C40H42O14. The number of carbonyl (C=O) groups is 2. The van der Waals surface area contributed by atoms with E-state index in [0.717, 1.165) is 0 Å². The number of carbonyl (C=O) groups excluding carboxylic acids is 2. The second-order valence-electron chi connectivity index (χ2n) is 11.7. The summed E-state index contributed by atoms with van der Waals surface area (Å²) in [6, 6.07) is 28.2. The molecule has 4 aromatic carbocycles. The van der Waals surface area contributed by atoms with Gasteiger partial charge in [0.15, 0.2) is 58.2 Å². The average Bonchev–Trinajstić information content (AvgIpc) is 3.19. The molecule has 0 N–H and O–H groups in total. The molecule has 2 heterocycles. The molecule has 286 valence electrons. The maximum Gasteiger partial charge on any atom is 0.418 e. The van der Waals surface area contributed by atoms with E-state index in [-0.39, 0.29) is 52.9 Å². The van der Waals surface area contributed by atoms with Gasteiger partial charge in [-0.25, -0.2) is 9.59 Å². The van der Waals surface area contributed by atoms with E-state index in [0.29, 0.717) is 72.4 Å². The van der Waals surface area contributed by atoms with E-state index in [9.17, 15) is 9.59 Å². The molecule has 2 aliphatic rings. The predicted octanol–water partition coefficient (Wildman–Crippen LogP) is 4.70. The summed E-state index contributed by atoms with van der Waals surface area (Å²) in [5, 5.41) is 0. The molecule has 14 heteroatoms. The number of benzene rings is 4. The van der Waals surface area contributed by atoms with Crippen molar-refractivity contribution in [3.63, 3.8) is 0 Å². The van der Waals surface area contributed by atoms with Crippen molar-refractivity contribution in [2.24, 2.45) is 0 Å². The second-order valence-corrected chi connectivity index (χ2v) is 11.7. The number of hydrogen-bond acceptors (Lipinski definition) is 14. The normalized spacial score (nSPS) is 16.7. The minimum absolute atomic E-state index is 0.187. The molecule has 0 radical (unpaired) electrons. The highest BCUT2D eigenvalue weighted by Gasteiger charge is 2.29. The SMILES string of the molecule is O=C(OC1COc2ccccc2OCCOCCOc2ccccc2OC1)C(=O)OC1COc2ccccc2OCCOCCOc2ccccc2OC1. The number of para-hydroxylation sites is 8. The minimum atomic E-state index is -1.27. The highest BCUT2D eigenvalue weighted by Crippen LogP contribution is 2.30. The zero-order valence-electron chi connectivity index (χ0n) is 29.6. The fraction of sp³-hybridized carbons (Fsp3) is 0.350. The van der Waals surface area contributed by atoms with Crippen LogP contribution in [-0.2, 0) is 28.5 Å². The van der Waals surface area contributed by atoms with Crippen LogP contribution >= 0.6 is 0 Å². The Morgan fingerprint density at radius 3 is 0.815 bits per heavy atom. The summed E-state index contributed by atoms with van der Waals surface area (Å²) in [5.74, 6) is 0.924. The molecule has 0 saturated carbocycles. The molecule has 4 aromatic rings. The van der Waals surface area contributed by atoms with Gasteiger partial charge in [0.1, 0.15) is 52.9 Å². The number of fused-ring (bicyclic) bond motifs is 4. The molecule has 0 amide bonds. The number of esters is 2. The third kappa shape index (κ3) is 11.6. The Hall–Kier alpha value is -5.86. The number of rotatable bonds is 2. The molecule has 14 nitrogen and oxygen atoms in total. The predicted molar refractivity (Wildman–Crippen MR) is 191 cm³/mol. The lowest BCUT2D eigenvalue weighted by Crippen LogP contribution is -2.38. The number of hydrogen-bond donors (Lipinski definition) is 0. The first-order valence-electron chi connectivity index (χ1n) is 17.6. The minimum Gasteiger partial charge on any atom is -0.487 e. The Labute approximate surface area is 312 Å². The molecule has 0 saturated heterocycles. The summed E-state index contributed by atoms with van der Waals surface area (Å²) in [6.07, 6.45) is -2.13. The van der Waals surface area contributed by atoms with Gasteiger partial charge in [0.25, 0.3) is 0 Å². The van der Waals surface area contributed by atoms with Crippen LogP contribution in [0.5, 0.6) is 46.0 Å². The summed E-state index contributed by atoms with van der Waals surface area (Å²) >= 11 is 0. The van der Waals surface area contributed by atoms with E-state index in [1.54, 1.807) is 97.1 Å². The van der Waals surface area contributed by atoms with Gasteiger partial charge in [-0.2, -0.15) is 0 Å². The molecule has 0 aromatic heterocycles. The first-order valence-corrected chi connectivity index (χ1v) is 17.6. The van der Waals surface area contributed by atoms with Crippen molar-refractivity contribution in [2.45, 2.75) is 12.2 Å². The first kappa shape index (κ1) is 37.9. The van der Waals surface area contributed by atoms with Crippen molar-refractivity contribution in [1.82, 2.24) is 0 Å². The van der Waals surface area contributed by atoms with Gasteiger partial charge in [-0.15, -0.1) is 0 Å². The Morgan fingerprint density at radius 1 is 0.352 bits per heavy atom. The zero-order valence-corrected chi connectivity index (χ0v) is 29.6. The van der Waals surface area contributed by atoms with Gasteiger partial charge in [-0.05, 0) is 48.5 Å². The fourth-order valence-electron chi connectivity index (χ4n) is 5.16. The standard InChI is InChI=1S/C40H42O14/c41-39(53-29-25-49-35-13-5-1-9-31(35)45-21-17-43-18-22-46-32-10-2-6-14-36(32)50-26-29)40(42)54-30-27-51-37-15-7-3-11-33(37)47-23-19-44-20-24-48-34-12-4-8-16-38(34)52-28-30/h1-16,29-30H,17-28H2. The molecule has 0 bridgehead atoms. The maximum atomic E-state index is 13.4. The van der Waals surface area contributed by atoms with Crippen LogP contribution in [0.2, 0.25) is 0 Å². The van der Waals surface area contributed by atoms with Crippen molar-refractivity contribution < 1.29 is 66.4 Å². The van der Waals surface area contributed by atoms with Crippen LogP contribution < -0.4 is 37.9 Å². The Morgan fingerprint density at radius 2 is 0.574 bits per heavy atom. The summed E-state index contributed by atoms with van der Waals surface area (Å²) in [4.78, 5) is 26.7. The molecule has 6 rings (SSSR count). The van der Waals surface area contributed by atoms with Crippen LogP contribution in [0.15, 0.2) is 97.1 Å². The second kappa shape index (κ2) is 20.4. The highest BCUT2D eigenvalue weighted by atomic mass is 16.6. The summed E-state index contributed by atoms with van der Waals surface area (Å²) in [7, 11) is 0. The molecule has 0 fully saturated rings. The number of ether oxygens (including phenoxy) is 12. The van der Waals surface area contributed by atoms with Gasteiger partial charge in [-0.3, -0.25) is 0 Å². The van der Waals surface area contributed by atoms with Crippen molar-refractivity contribution >= 4 is 11.9 Å². The van der Waals surface area contributed by atoms with Crippen LogP contribution in [0, 0.1) is 0 Å². The Bertz CT molecular complexity index is 1540. The topological polar surface area (TPSA) is 145 Å². The van der Waals surface area contributed by atoms with Crippen molar-refractivity contribution in [3.8, 4) is 46.0 Å². The van der Waals surface area contributed by atoms with Gasteiger partial charge in [0, 0.05) is 0 Å². The monoisotopic (exact) mass is 746 g/mol. The summed E-state index contributed by atoms with van der Waals surface area (Å²) in [6.45, 7) is 1.63. The molecule has 2 aliphatic heterocycles. The first-order chi connectivity index (χ1) is 26.6. The van der Waals surface area contributed by atoms with E-state index in [1.807, 2.05) is 0 Å². The summed E-state index contributed by atoms with van der Waals surface area (Å²) < 4.78 is 70.0. The molecule has 54 heavy (non-hydrogen) atoms.